The minimum Gasteiger partial charge on any atom is -0.477 e. The highest BCUT2D eigenvalue weighted by Crippen LogP contribution is 2.40. The topological polar surface area (TPSA) is 167 Å². The molecular formula is C16H17N5O6S2. The van der Waals surface area contributed by atoms with Crippen LogP contribution in [-0.4, -0.2) is 73.5 Å². The van der Waals surface area contributed by atoms with Crippen molar-refractivity contribution in [2.75, 3.05) is 18.1 Å². The van der Waals surface area contributed by atoms with Crippen LogP contribution in [0.3, 0.4) is 0 Å². The average Bonchev–Trinajstić information content (AvgIpc) is 3.43. The summed E-state index contributed by atoms with van der Waals surface area (Å²) >= 11 is 2.40. The maximum Gasteiger partial charge on any atom is 0.352 e. The van der Waals surface area contributed by atoms with Crippen LogP contribution in [0.25, 0.3) is 0 Å². The number of rotatable bonds is 7. The first-order valence-electron chi connectivity index (χ1n) is 8.67. The van der Waals surface area contributed by atoms with Gasteiger partial charge in [0.05, 0.1) is 6.61 Å². The molecule has 1 saturated heterocycles. The number of anilines is 1. The number of fused-ring (bicyclic) bond motifs is 1. The third-order valence-electron chi connectivity index (χ3n) is 4.52. The summed E-state index contributed by atoms with van der Waals surface area (Å²) in [4.78, 5) is 47.3. The third kappa shape index (κ3) is 3.68. The van der Waals surface area contributed by atoms with E-state index in [1.54, 1.807) is 5.38 Å². The van der Waals surface area contributed by atoms with Crippen molar-refractivity contribution >= 4 is 51.7 Å². The van der Waals surface area contributed by atoms with Gasteiger partial charge in [-0.15, -0.1) is 23.1 Å². The minimum atomic E-state index is -1.30. The molecule has 3 aliphatic rings. The van der Waals surface area contributed by atoms with E-state index in [4.69, 9.17) is 10.6 Å². The molecule has 0 aromatic carbocycles. The number of carbonyl (C=O) groups excluding carboxylic acids is 2. The molecule has 0 radical (unpaired) electrons. The van der Waals surface area contributed by atoms with Gasteiger partial charge in [0.1, 0.15) is 28.9 Å². The molecule has 1 aromatic heterocycles. The number of carboxylic acids is 1. The Morgan fingerprint density at radius 3 is 2.79 bits per heavy atom. The summed E-state index contributed by atoms with van der Waals surface area (Å²) in [6.45, 7) is -0.456. The van der Waals surface area contributed by atoms with Gasteiger partial charge in [-0.05, 0) is 18.4 Å². The maximum absolute atomic E-state index is 12.8. The number of thioether (sulfide) groups is 1. The highest BCUT2D eigenvalue weighted by Gasteiger charge is 2.54. The fourth-order valence-corrected chi connectivity index (χ4v) is 4.80. The molecule has 0 bridgehead atoms. The van der Waals surface area contributed by atoms with E-state index in [1.807, 2.05) is 0 Å². The van der Waals surface area contributed by atoms with Crippen LogP contribution < -0.4 is 11.1 Å². The van der Waals surface area contributed by atoms with Gasteiger partial charge in [0, 0.05) is 11.1 Å². The second kappa shape index (κ2) is 7.65. The number of hydrogen-bond donors (Lipinski definition) is 4. The highest BCUT2D eigenvalue weighted by molar-refractivity contribution is 8.00. The number of carbonyl (C=O) groups is 3. The van der Waals surface area contributed by atoms with Crippen LogP contribution in [0.5, 0.6) is 0 Å². The lowest BCUT2D eigenvalue weighted by Gasteiger charge is -2.49. The molecule has 0 spiro atoms. The molecule has 2 aliphatic heterocycles. The van der Waals surface area contributed by atoms with Crippen molar-refractivity contribution in [2.45, 2.75) is 30.4 Å². The summed E-state index contributed by atoms with van der Waals surface area (Å²) in [6, 6.07) is -0.927. The zero-order chi connectivity index (χ0) is 20.7. The predicted molar refractivity (Wildman–Crippen MR) is 104 cm³/mol. The SMILES string of the molecule is Nc1nc(C(=NOC2CC2)C(=O)N[C@@H]2C(=O)N3C(C(=O)O)=C(CO)CS[C@@H]23)cs1. The number of aliphatic hydroxyl groups excluding tert-OH is 1. The van der Waals surface area contributed by atoms with E-state index in [-0.39, 0.29) is 39.7 Å². The predicted octanol–water partition coefficient (Wildman–Crippen LogP) is -0.661. The number of nitrogens with zero attached hydrogens (tertiary/aromatic N) is 3. The van der Waals surface area contributed by atoms with Crippen molar-refractivity contribution in [3.8, 4) is 0 Å². The molecule has 0 unspecified atom stereocenters. The number of aromatic nitrogens is 1. The second-order valence-corrected chi connectivity index (χ2v) is 8.59. The van der Waals surface area contributed by atoms with Crippen LogP contribution in [0.1, 0.15) is 18.5 Å². The number of amides is 2. The number of hydrogen-bond acceptors (Lipinski definition) is 10. The summed E-state index contributed by atoms with van der Waals surface area (Å²) in [5, 5.41) is 26.5. The van der Waals surface area contributed by atoms with Crippen molar-refractivity contribution < 1.29 is 29.4 Å². The zero-order valence-electron chi connectivity index (χ0n) is 14.9. The number of aliphatic carboxylic acids is 1. The minimum absolute atomic E-state index is 0.0383. The van der Waals surface area contributed by atoms with E-state index in [0.717, 1.165) is 29.1 Å². The molecule has 2 fully saturated rings. The van der Waals surface area contributed by atoms with Gasteiger partial charge >= 0.3 is 5.97 Å². The maximum atomic E-state index is 12.8. The zero-order valence-corrected chi connectivity index (χ0v) is 16.5. The lowest BCUT2D eigenvalue weighted by atomic mass is 10.0. The lowest BCUT2D eigenvalue weighted by molar-refractivity contribution is -0.150. The summed E-state index contributed by atoms with van der Waals surface area (Å²) in [5.41, 5.74) is 5.81. The Morgan fingerprint density at radius 1 is 1.45 bits per heavy atom. The van der Waals surface area contributed by atoms with Gasteiger partial charge in [0.25, 0.3) is 11.8 Å². The Labute approximate surface area is 172 Å². The molecular weight excluding hydrogens is 422 g/mol. The molecule has 1 saturated carbocycles. The number of oxime groups is 1. The molecule has 5 N–H and O–H groups in total. The first kappa shape index (κ1) is 19.7. The fourth-order valence-electron chi connectivity index (χ4n) is 2.92. The summed E-state index contributed by atoms with van der Waals surface area (Å²) in [6.07, 6.45) is 1.66. The summed E-state index contributed by atoms with van der Waals surface area (Å²) < 4.78 is 0. The standard InChI is InChI=1S/C16H17N5O6S2/c17-16-18-8(5-29-16)9(20-27-7-1-2-7)12(23)19-10-13(24)21-11(15(25)26)6(3-22)4-28-14(10)21/h5,7,10,14,22H,1-4H2,(H2,17,18)(H,19,23)(H,25,26)/t10-,14+/m1/s1. The first-order valence-corrected chi connectivity index (χ1v) is 10.6. The largest absolute Gasteiger partial charge is 0.477 e. The van der Waals surface area contributed by atoms with Crippen molar-refractivity contribution in [3.63, 3.8) is 0 Å². The van der Waals surface area contributed by atoms with Crippen LogP contribution in [0.4, 0.5) is 5.13 Å². The van der Waals surface area contributed by atoms with Gasteiger partial charge in [-0.2, -0.15) is 0 Å². The van der Waals surface area contributed by atoms with Crippen molar-refractivity contribution in [2.24, 2.45) is 5.16 Å². The number of aliphatic hydroxyl groups is 1. The highest BCUT2D eigenvalue weighted by atomic mass is 32.2. The second-order valence-electron chi connectivity index (χ2n) is 6.59. The Balaban J connectivity index is 1.52. The van der Waals surface area contributed by atoms with E-state index in [2.05, 4.69) is 15.5 Å². The van der Waals surface area contributed by atoms with Crippen molar-refractivity contribution in [3.05, 3.63) is 22.3 Å². The number of nitrogens with two attached hydrogens (primary N) is 1. The summed E-state index contributed by atoms with van der Waals surface area (Å²) in [7, 11) is 0. The average molecular weight is 439 g/mol. The van der Waals surface area contributed by atoms with E-state index in [9.17, 15) is 24.6 Å². The normalized spacial score (nSPS) is 24.1. The van der Waals surface area contributed by atoms with E-state index >= 15 is 0 Å². The van der Waals surface area contributed by atoms with E-state index in [0.29, 0.717) is 0 Å². The van der Waals surface area contributed by atoms with Crippen molar-refractivity contribution in [1.29, 1.82) is 0 Å². The number of β-lactam (4-membered cyclic amide) rings is 1. The molecule has 1 aromatic rings. The fraction of sp³-hybridized carbons (Fsp3) is 0.438. The van der Waals surface area contributed by atoms with Crippen LogP contribution >= 0.6 is 23.1 Å². The molecule has 13 heteroatoms. The molecule has 154 valence electrons. The molecule has 2 amide bonds. The number of nitrogens with one attached hydrogen (secondary N) is 1. The van der Waals surface area contributed by atoms with Gasteiger partial charge in [-0.25, -0.2) is 9.78 Å². The monoisotopic (exact) mass is 439 g/mol. The lowest BCUT2D eigenvalue weighted by Crippen LogP contribution is -2.71. The van der Waals surface area contributed by atoms with Gasteiger partial charge in [0.15, 0.2) is 10.8 Å². The number of carboxylic acid groups (broad SMARTS) is 1. The van der Waals surface area contributed by atoms with Gasteiger partial charge in [0.2, 0.25) is 0 Å². The Morgan fingerprint density at radius 2 is 2.21 bits per heavy atom. The smallest absolute Gasteiger partial charge is 0.352 e. The molecule has 4 rings (SSSR count). The first-order chi connectivity index (χ1) is 13.9. The van der Waals surface area contributed by atoms with Gasteiger partial charge in [-0.1, -0.05) is 5.16 Å². The van der Waals surface area contributed by atoms with E-state index in [1.165, 1.54) is 11.8 Å². The molecule has 2 atom stereocenters. The molecule has 11 nitrogen and oxygen atoms in total. The summed E-state index contributed by atoms with van der Waals surface area (Å²) in [5.74, 6) is -2.29. The number of thiazole rings is 1. The Hall–Kier alpha value is -2.64. The molecule has 1 aliphatic carbocycles. The van der Waals surface area contributed by atoms with Crippen LogP contribution in [0.15, 0.2) is 21.8 Å². The Bertz CT molecular complexity index is 940. The Kier molecular flexibility index (Phi) is 5.19. The molecule has 29 heavy (non-hydrogen) atoms. The number of nitrogen functional groups attached to an aromatic ring is 1. The van der Waals surface area contributed by atoms with E-state index < -0.39 is 35.8 Å². The van der Waals surface area contributed by atoms with Crippen molar-refractivity contribution in [1.82, 2.24) is 15.2 Å². The van der Waals surface area contributed by atoms with Crippen LogP contribution in [0, 0.1) is 0 Å². The third-order valence-corrected chi connectivity index (χ3v) is 6.54. The van der Waals surface area contributed by atoms with Gasteiger partial charge < -0.3 is 26.1 Å². The molecule has 3 heterocycles. The van der Waals surface area contributed by atoms with Crippen LogP contribution in [-0.2, 0) is 19.2 Å². The van der Waals surface area contributed by atoms with Crippen LogP contribution in [0.2, 0.25) is 0 Å². The quantitative estimate of drug-likeness (QED) is 0.245. The van der Waals surface area contributed by atoms with Gasteiger partial charge in [-0.3, -0.25) is 14.5 Å².